The first-order chi connectivity index (χ1) is 13.1. The summed E-state index contributed by atoms with van der Waals surface area (Å²) in [6.45, 7) is 0.390. The molecule has 0 bridgehead atoms. The molecule has 27 heavy (non-hydrogen) atoms. The Balaban J connectivity index is 1.39. The molecule has 7 heteroatoms. The topological polar surface area (TPSA) is 74.0 Å². The Labute approximate surface area is 158 Å². The quantitative estimate of drug-likeness (QED) is 0.754. The molecule has 1 atom stereocenters. The number of benzene rings is 1. The average Bonchev–Trinajstić information content (AvgIpc) is 3.27. The molecule has 3 aromatic rings. The predicted octanol–water partition coefficient (Wildman–Crippen LogP) is 2.54. The number of ether oxygens (including phenoxy) is 1. The van der Waals surface area contributed by atoms with Crippen molar-refractivity contribution in [2.75, 3.05) is 0 Å². The summed E-state index contributed by atoms with van der Waals surface area (Å²) in [6.07, 6.45) is 8.50. The minimum atomic E-state index is -0.0765. The van der Waals surface area contributed by atoms with E-state index in [0.29, 0.717) is 17.9 Å². The summed E-state index contributed by atoms with van der Waals surface area (Å²) in [5, 5.41) is 7.47. The van der Waals surface area contributed by atoms with Crippen LogP contribution < -0.4 is 10.1 Å². The lowest BCUT2D eigenvalue weighted by atomic mass is 9.93. The van der Waals surface area contributed by atoms with Crippen LogP contribution in [0.5, 0.6) is 5.75 Å². The summed E-state index contributed by atoms with van der Waals surface area (Å²) in [5.41, 5.74) is 2.96. The highest BCUT2D eigenvalue weighted by atomic mass is 16.5. The third kappa shape index (κ3) is 3.58. The SMILES string of the molecule is Cn1ccnc1COc1ccc(C(=O)NC2CCCc3c2cnn3C)cc1. The van der Waals surface area contributed by atoms with Crippen LogP contribution in [0.2, 0.25) is 0 Å². The maximum Gasteiger partial charge on any atom is 0.251 e. The number of aryl methyl sites for hydroxylation is 2. The van der Waals surface area contributed by atoms with Crippen molar-refractivity contribution >= 4 is 5.91 Å². The Bertz CT molecular complexity index is 942. The summed E-state index contributed by atoms with van der Waals surface area (Å²) < 4.78 is 9.56. The average molecular weight is 365 g/mol. The van der Waals surface area contributed by atoms with E-state index in [1.165, 1.54) is 5.69 Å². The second-order valence-corrected chi connectivity index (χ2v) is 6.86. The summed E-state index contributed by atoms with van der Waals surface area (Å²) >= 11 is 0. The molecular formula is C20H23N5O2. The molecule has 0 aliphatic heterocycles. The van der Waals surface area contributed by atoms with Crippen molar-refractivity contribution in [2.45, 2.75) is 31.9 Å². The second-order valence-electron chi connectivity index (χ2n) is 6.86. The third-order valence-electron chi connectivity index (χ3n) is 5.09. The van der Waals surface area contributed by atoms with Crippen molar-refractivity contribution in [1.29, 1.82) is 0 Å². The van der Waals surface area contributed by atoms with E-state index in [-0.39, 0.29) is 11.9 Å². The van der Waals surface area contributed by atoms with Gasteiger partial charge in [0.25, 0.3) is 5.91 Å². The van der Waals surface area contributed by atoms with Gasteiger partial charge in [-0.15, -0.1) is 0 Å². The van der Waals surface area contributed by atoms with Gasteiger partial charge in [-0.05, 0) is 43.5 Å². The Morgan fingerprint density at radius 3 is 2.85 bits per heavy atom. The highest BCUT2D eigenvalue weighted by Crippen LogP contribution is 2.29. The van der Waals surface area contributed by atoms with Gasteiger partial charge in [0.05, 0.1) is 12.2 Å². The molecule has 1 aliphatic carbocycles. The molecule has 0 radical (unpaired) electrons. The zero-order valence-electron chi connectivity index (χ0n) is 15.6. The van der Waals surface area contributed by atoms with E-state index in [4.69, 9.17) is 4.74 Å². The molecule has 0 saturated heterocycles. The summed E-state index contributed by atoms with van der Waals surface area (Å²) in [7, 11) is 3.88. The zero-order chi connectivity index (χ0) is 18.8. The second kappa shape index (κ2) is 7.26. The molecule has 0 saturated carbocycles. The lowest BCUT2D eigenvalue weighted by molar-refractivity contribution is 0.0932. The maximum absolute atomic E-state index is 12.6. The Morgan fingerprint density at radius 1 is 1.30 bits per heavy atom. The van der Waals surface area contributed by atoms with Gasteiger partial charge in [-0.1, -0.05) is 0 Å². The highest BCUT2D eigenvalue weighted by molar-refractivity contribution is 5.94. The van der Waals surface area contributed by atoms with Crippen molar-refractivity contribution in [2.24, 2.45) is 14.1 Å². The van der Waals surface area contributed by atoms with Gasteiger partial charge in [-0.3, -0.25) is 9.48 Å². The van der Waals surface area contributed by atoms with Crippen LogP contribution in [0.15, 0.2) is 42.9 Å². The molecule has 0 fully saturated rings. The number of hydrogen-bond acceptors (Lipinski definition) is 4. The smallest absolute Gasteiger partial charge is 0.251 e. The minimum Gasteiger partial charge on any atom is -0.486 e. The van der Waals surface area contributed by atoms with Gasteiger partial charge < -0.3 is 14.6 Å². The van der Waals surface area contributed by atoms with Gasteiger partial charge in [-0.2, -0.15) is 5.10 Å². The van der Waals surface area contributed by atoms with E-state index in [0.717, 1.165) is 30.7 Å². The van der Waals surface area contributed by atoms with Crippen molar-refractivity contribution in [3.05, 3.63) is 65.5 Å². The molecule has 1 amide bonds. The van der Waals surface area contributed by atoms with E-state index in [1.807, 2.05) is 47.9 Å². The number of carbonyl (C=O) groups is 1. The molecule has 1 N–H and O–H groups in total. The fourth-order valence-corrected chi connectivity index (χ4v) is 3.48. The molecule has 1 aromatic carbocycles. The number of aromatic nitrogens is 4. The molecule has 2 heterocycles. The molecular weight excluding hydrogens is 342 g/mol. The van der Waals surface area contributed by atoms with E-state index >= 15 is 0 Å². The number of carbonyl (C=O) groups excluding carboxylic acids is 1. The number of imidazole rings is 1. The van der Waals surface area contributed by atoms with Gasteiger partial charge in [0.15, 0.2) is 0 Å². The monoisotopic (exact) mass is 365 g/mol. The van der Waals surface area contributed by atoms with Crippen molar-refractivity contribution < 1.29 is 9.53 Å². The van der Waals surface area contributed by atoms with Crippen molar-refractivity contribution in [1.82, 2.24) is 24.6 Å². The third-order valence-corrected chi connectivity index (χ3v) is 5.09. The number of nitrogens with zero attached hydrogens (tertiary/aromatic N) is 4. The first-order valence-electron chi connectivity index (χ1n) is 9.12. The fraction of sp³-hybridized carbons (Fsp3) is 0.350. The Hall–Kier alpha value is -3.09. The summed E-state index contributed by atoms with van der Waals surface area (Å²) in [5.74, 6) is 1.48. The van der Waals surface area contributed by atoms with Crippen molar-refractivity contribution in [3.63, 3.8) is 0 Å². The number of amides is 1. The van der Waals surface area contributed by atoms with Crippen LogP contribution in [-0.2, 0) is 27.1 Å². The number of rotatable bonds is 5. The van der Waals surface area contributed by atoms with Crippen LogP contribution >= 0.6 is 0 Å². The van der Waals surface area contributed by atoms with Crippen LogP contribution in [0.1, 0.15) is 46.3 Å². The van der Waals surface area contributed by atoms with Crippen LogP contribution in [0.25, 0.3) is 0 Å². The Morgan fingerprint density at radius 2 is 2.11 bits per heavy atom. The largest absolute Gasteiger partial charge is 0.486 e. The maximum atomic E-state index is 12.6. The molecule has 7 nitrogen and oxygen atoms in total. The van der Waals surface area contributed by atoms with Gasteiger partial charge in [-0.25, -0.2) is 4.98 Å². The number of nitrogens with one attached hydrogen (secondary N) is 1. The Kier molecular flexibility index (Phi) is 4.66. The first-order valence-corrected chi connectivity index (χ1v) is 9.12. The van der Waals surface area contributed by atoms with E-state index in [9.17, 15) is 4.79 Å². The van der Waals surface area contributed by atoms with Gasteiger partial charge >= 0.3 is 0 Å². The molecule has 4 rings (SSSR count). The lowest BCUT2D eigenvalue weighted by Crippen LogP contribution is -2.30. The summed E-state index contributed by atoms with van der Waals surface area (Å²) in [4.78, 5) is 16.9. The van der Waals surface area contributed by atoms with E-state index in [1.54, 1.807) is 18.3 Å². The predicted molar refractivity (Wildman–Crippen MR) is 100 cm³/mol. The molecule has 140 valence electrons. The van der Waals surface area contributed by atoms with Crippen LogP contribution in [-0.4, -0.2) is 25.2 Å². The molecule has 0 spiro atoms. The fourth-order valence-electron chi connectivity index (χ4n) is 3.48. The molecule has 2 aromatic heterocycles. The van der Waals surface area contributed by atoms with E-state index in [2.05, 4.69) is 15.4 Å². The van der Waals surface area contributed by atoms with Crippen LogP contribution in [0, 0.1) is 0 Å². The minimum absolute atomic E-state index is 0.0225. The highest BCUT2D eigenvalue weighted by Gasteiger charge is 2.25. The number of hydrogen-bond donors (Lipinski definition) is 1. The van der Waals surface area contributed by atoms with Gasteiger partial charge in [0, 0.05) is 43.3 Å². The summed E-state index contributed by atoms with van der Waals surface area (Å²) in [6, 6.07) is 7.23. The standard InChI is InChI=1S/C20H23N5O2/c1-24-11-10-21-19(24)13-27-15-8-6-14(7-9-15)20(26)23-17-4-3-5-18-16(17)12-22-25(18)2/h6-12,17H,3-5,13H2,1-2H3,(H,23,26). The normalized spacial score (nSPS) is 16.0. The van der Waals surface area contributed by atoms with E-state index < -0.39 is 0 Å². The first kappa shape index (κ1) is 17.3. The molecule has 1 unspecified atom stereocenters. The molecule has 1 aliphatic rings. The van der Waals surface area contributed by atoms with Gasteiger partial charge in [0.2, 0.25) is 0 Å². The number of fused-ring (bicyclic) bond motifs is 1. The van der Waals surface area contributed by atoms with Crippen molar-refractivity contribution in [3.8, 4) is 5.75 Å². The zero-order valence-corrected chi connectivity index (χ0v) is 15.6. The van der Waals surface area contributed by atoms with Crippen LogP contribution in [0.4, 0.5) is 0 Å². The van der Waals surface area contributed by atoms with Crippen LogP contribution in [0.3, 0.4) is 0 Å². The van der Waals surface area contributed by atoms with Gasteiger partial charge in [0.1, 0.15) is 18.2 Å². The lowest BCUT2D eigenvalue weighted by Gasteiger charge is -2.23.